The summed E-state index contributed by atoms with van der Waals surface area (Å²) in [5.41, 5.74) is 1.76. The predicted molar refractivity (Wildman–Crippen MR) is 78.6 cm³/mol. The number of carbonyl (C=O) groups is 1. The second-order valence-corrected chi connectivity index (χ2v) is 5.39. The molecule has 0 unspecified atom stereocenters. The molecule has 1 aliphatic heterocycles. The van der Waals surface area contributed by atoms with Crippen LogP contribution in [0.3, 0.4) is 0 Å². The zero-order chi connectivity index (χ0) is 14.5. The molecule has 21 heavy (non-hydrogen) atoms. The Morgan fingerprint density at radius 2 is 1.86 bits per heavy atom. The van der Waals surface area contributed by atoms with E-state index in [2.05, 4.69) is 27.1 Å². The van der Waals surface area contributed by atoms with Crippen molar-refractivity contribution in [2.24, 2.45) is 5.92 Å². The van der Waals surface area contributed by atoms with Crippen LogP contribution >= 0.6 is 0 Å². The number of hydrogen-bond donors (Lipinski definition) is 0. The topological polar surface area (TPSA) is 59.0 Å². The third-order valence-corrected chi connectivity index (χ3v) is 3.96. The fourth-order valence-electron chi connectivity index (χ4n) is 2.76. The summed E-state index contributed by atoms with van der Waals surface area (Å²) >= 11 is 0. The molecule has 0 atom stereocenters. The van der Waals surface area contributed by atoms with Gasteiger partial charge in [0.1, 0.15) is 5.69 Å². The Hall–Kier alpha value is -2.30. The normalized spacial score (nSPS) is 15.9. The second kappa shape index (κ2) is 6.43. The van der Waals surface area contributed by atoms with Crippen LogP contribution in [-0.2, 0) is 6.42 Å². The first-order chi connectivity index (χ1) is 10.3. The summed E-state index contributed by atoms with van der Waals surface area (Å²) in [6.45, 7) is 1.59. The number of piperidine rings is 1. The van der Waals surface area contributed by atoms with Gasteiger partial charge < -0.3 is 4.90 Å². The number of hydrogen-bond acceptors (Lipinski definition) is 4. The van der Waals surface area contributed by atoms with Crippen molar-refractivity contribution in [2.75, 3.05) is 13.1 Å². The Kier molecular flexibility index (Phi) is 4.19. The zero-order valence-corrected chi connectivity index (χ0v) is 11.9. The highest BCUT2D eigenvalue weighted by molar-refractivity contribution is 5.91. The quantitative estimate of drug-likeness (QED) is 0.863. The Balaban J connectivity index is 1.54. The molecule has 3 heterocycles. The van der Waals surface area contributed by atoms with E-state index in [0.717, 1.165) is 32.4 Å². The van der Waals surface area contributed by atoms with Crippen LogP contribution in [0.4, 0.5) is 0 Å². The molecule has 1 amide bonds. The van der Waals surface area contributed by atoms with Crippen molar-refractivity contribution in [3.05, 3.63) is 54.4 Å². The molecule has 0 N–H and O–H groups in total. The molecule has 0 radical (unpaired) electrons. The number of rotatable bonds is 3. The SMILES string of the molecule is O=C(c1cnccn1)N1CCC(Cc2ccncc2)CC1. The summed E-state index contributed by atoms with van der Waals surface area (Å²) in [5.74, 6) is 0.628. The number of carbonyl (C=O) groups excluding carboxylic acids is 1. The summed E-state index contributed by atoms with van der Waals surface area (Å²) < 4.78 is 0. The summed E-state index contributed by atoms with van der Waals surface area (Å²) in [6.07, 6.45) is 11.5. The number of pyridine rings is 1. The van der Waals surface area contributed by atoms with E-state index in [0.29, 0.717) is 11.6 Å². The summed E-state index contributed by atoms with van der Waals surface area (Å²) in [5, 5.41) is 0. The Morgan fingerprint density at radius 3 is 2.52 bits per heavy atom. The minimum absolute atomic E-state index is 0.00883. The molecular formula is C16H18N4O. The summed E-state index contributed by atoms with van der Waals surface area (Å²) in [7, 11) is 0. The van der Waals surface area contributed by atoms with Gasteiger partial charge in [-0.25, -0.2) is 4.98 Å². The average Bonchev–Trinajstić information content (AvgIpc) is 2.57. The monoisotopic (exact) mass is 282 g/mol. The smallest absolute Gasteiger partial charge is 0.274 e. The van der Waals surface area contributed by atoms with E-state index in [1.807, 2.05) is 17.3 Å². The van der Waals surface area contributed by atoms with Gasteiger partial charge in [0.15, 0.2) is 0 Å². The molecule has 0 spiro atoms. The van der Waals surface area contributed by atoms with Crippen molar-refractivity contribution in [1.29, 1.82) is 0 Å². The second-order valence-electron chi connectivity index (χ2n) is 5.39. The van der Waals surface area contributed by atoms with Crippen LogP contribution in [0.15, 0.2) is 43.1 Å². The number of nitrogens with zero attached hydrogens (tertiary/aromatic N) is 4. The van der Waals surface area contributed by atoms with Crippen LogP contribution in [0.25, 0.3) is 0 Å². The van der Waals surface area contributed by atoms with E-state index in [1.54, 1.807) is 12.4 Å². The molecule has 1 fully saturated rings. The predicted octanol–water partition coefficient (Wildman–Crippen LogP) is 1.97. The van der Waals surface area contributed by atoms with Crippen molar-refractivity contribution < 1.29 is 4.79 Å². The van der Waals surface area contributed by atoms with E-state index in [4.69, 9.17) is 0 Å². The van der Waals surface area contributed by atoms with Crippen LogP contribution in [0.2, 0.25) is 0 Å². The van der Waals surface area contributed by atoms with Gasteiger partial charge in [-0.2, -0.15) is 0 Å². The van der Waals surface area contributed by atoms with Crippen molar-refractivity contribution in [3.63, 3.8) is 0 Å². The highest BCUT2D eigenvalue weighted by Gasteiger charge is 2.24. The first-order valence-corrected chi connectivity index (χ1v) is 7.27. The van der Waals surface area contributed by atoms with Crippen molar-refractivity contribution in [2.45, 2.75) is 19.3 Å². The maximum Gasteiger partial charge on any atom is 0.274 e. The highest BCUT2D eigenvalue weighted by Crippen LogP contribution is 2.22. The lowest BCUT2D eigenvalue weighted by molar-refractivity contribution is 0.0684. The molecule has 5 nitrogen and oxygen atoms in total. The van der Waals surface area contributed by atoms with Crippen molar-refractivity contribution >= 4 is 5.91 Å². The van der Waals surface area contributed by atoms with Crippen molar-refractivity contribution in [1.82, 2.24) is 19.9 Å². The van der Waals surface area contributed by atoms with E-state index in [-0.39, 0.29) is 5.91 Å². The van der Waals surface area contributed by atoms with E-state index >= 15 is 0 Å². The first kappa shape index (κ1) is 13.7. The van der Waals surface area contributed by atoms with Gasteiger partial charge in [-0.1, -0.05) is 0 Å². The lowest BCUT2D eigenvalue weighted by Crippen LogP contribution is -2.39. The summed E-state index contributed by atoms with van der Waals surface area (Å²) in [4.78, 5) is 26.2. The minimum atomic E-state index is -0.00883. The molecule has 0 saturated carbocycles. The molecule has 3 rings (SSSR count). The van der Waals surface area contributed by atoms with Crippen LogP contribution in [0.1, 0.15) is 28.9 Å². The average molecular weight is 282 g/mol. The third-order valence-electron chi connectivity index (χ3n) is 3.96. The molecular weight excluding hydrogens is 264 g/mol. The van der Waals surface area contributed by atoms with Gasteiger partial charge in [0, 0.05) is 37.9 Å². The Bertz CT molecular complexity index is 580. The molecule has 5 heteroatoms. The van der Waals surface area contributed by atoms with Gasteiger partial charge in [-0.15, -0.1) is 0 Å². The van der Waals surface area contributed by atoms with Gasteiger partial charge in [0.2, 0.25) is 0 Å². The summed E-state index contributed by atoms with van der Waals surface area (Å²) in [6, 6.07) is 4.13. The maximum atomic E-state index is 12.3. The van der Waals surface area contributed by atoms with E-state index in [1.165, 1.54) is 11.8 Å². The Labute approximate surface area is 124 Å². The highest BCUT2D eigenvalue weighted by atomic mass is 16.2. The molecule has 0 bridgehead atoms. The molecule has 1 aliphatic rings. The Morgan fingerprint density at radius 1 is 1.10 bits per heavy atom. The molecule has 0 aromatic carbocycles. The number of aromatic nitrogens is 3. The van der Waals surface area contributed by atoms with Gasteiger partial charge in [0.05, 0.1) is 6.20 Å². The zero-order valence-electron chi connectivity index (χ0n) is 11.9. The van der Waals surface area contributed by atoms with E-state index < -0.39 is 0 Å². The number of amides is 1. The standard InChI is InChI=1S/C16H18N4O/c21-16(15-12-18-7-8-19-15)20-9-3-14(4-10-20)11-13-1-5-17-6-2-13/h1-2,5-8,12,14H,3-4,9-11H2. The number of likely N-dealkylation sites (tertiary alicyclic amines) is 1. The molecule has 108 valence electrons. The van der Waals surface area contributed by atoms with Crippen LogP contribution < -0.4 is 0 Å². The fourth-order valence-corrected chi connectivity index (χ4v) is 2.76. The lowest BCUT2D eigenvalue weighted by atomic mass is 9.90. The van der Waals surface area contributed by atoms with E-state index in [9.17, 15) is 4.79 Å². The largest absolute Gasteiger partial charge is 0.337 e. The van der Waals surface area contributed by atoms with Gasteiger partial charge >= 0.3 is 0 Å². The van der Waals surface area contributed by atoms with Gasteiger partial charge in [-0.05, 0) is 42.9 Å². The molecule has 2 aromatic heterocycles. The van der Waals surface area contributed by atoms with Crippen LogP contribution in [-0.4, -0.2) is 38.8 Å². The molecule has 2 aromatic rings. The van der Waals surface area contributed by atoms with Crippen LogP contribution in [0.5, 0.6) is 0 Å². The van der Waals surface area contributed by atoms with Gasteiger partial charge in [-0.3, -0.25) is 14.8 Å². The lowest BCUT2D eigenvalue weighted by Gasteiger charge is -2.31. The first-order valence-electron chi connectivity index (χ1n) is 7.27. The molecule has 0 aliphatic carbocycles. The fraction of sp³-hybridized carbons (Fsp3) is 0.375. The minimum Gasteiger partial charge on any atom is -0.337 e. The third kappa shape index (κ3) is 3.42. The molecule has 1 saturated heterocycles. The van der Waals surface area contributed by atoms with Crippen molar-refractivity contribution in [3.8, 4) is 0 Å². The van der Waals surface area contributed by atoms with Gasteiger partial charge in [0.25, 0.3) is 5.91 Å². The maximum absolute atomic E-state index is 12.3. The van der Waals surface area contributed by atoms with Crippen LogP contribution in [0, 0.1) is 5.92 Å².